The maximum Gasteiger partial charge on any atom is 0.142 e. The van der Waals surface area contributed by atoms with E-state index in [4.69, 9.17) is 11.5 Å². The zero-order chi connectivity index (χ0) is 7.78. The van der Waals surface area contributed by atoms with Crippen molar-refractivity contribution in [2.24, 2.45) is 16.5 Å². The molecule has 0 amide bonds. The molecule has 0 saturated heterocycles. The van der Waals surface area contributed by atoms with E-state index in [-0.39, 0.29) is 0 Å². The van der Waals surface area contributed by atoms with Crippen molar-refractivity contribution in [3.05, 3.63) is 11.9 Å². The zero-order valence-corrected chi connectivity index (χ0v) is 6.18. The molecule has 0 aliphatic carbocycles. The van der Waals surface area contributed by atoms with Crippen molar-refractivity contribution in [3.8, 4) is 0 Å². The minimum absolute atomic E-state index is 0.415. The predicted molar refractivity (Wildman–Crippen MR) is 41.1 cm³/mol. The molecule has 0 aromatic carbocycles. The number of hydrogen-bond acceptors (Lipinski definition) is 4. The Morgan fingerprint density at radius 1 is 1.70 bits per heavy atom. The minimum Gasteiger partial charge on any atom is -0.384 e. The first-order valence-electron chi connectivity index (χ1n) is 3.10. The molecule has 1 heterocycles. The molecule has 1 aliphatic rings. The van der Waals surface area contributed by atoms with Crippen molar-refractivity contribution in [1.29, 1.82) is 0 Å². The van der Waals surface area contributed by atoms with E-state index in [1.807, 2.05) is 6.92 Å². The quantitative estimate of drug-likeness (QED) is 0.424. The molecule has 4 heteroatoms. The molecule has 0 radical (unpaired) electrons. The van der Waals surface area contributed by atoms with Crippen molar-refractivity contribution >= 4 is 5.84 Å². The second kappa shape index (κ2) is 1.98. The molecule has 0 fully saturated rings. The first kappa shape index (κ1) is 7.08. The lowest BCUT2D eigenvalue weighted by atomic mass is 10.1. The number of hydrogen-bond donors (Lipinski definition) is 3. The van der Waals surface area contributed by atoms with Crippen LogP contribution in [0.1, 0.15) is 13.8 Å². The lowest BCUT2D eigenvalue weighted by Gasteiger charge is -2.29. The van der Waals surface area contributed by atoms with Gasteiger partial charge in [-0.2, -0.15) is 0 Å². The summed E-state index contributed by atoms with van der Waals surface area (Å²) in [6, 6.07) is 0. The third-order valence-electron chi connectivity index (χ3n) is 1.39. The van der Waals surface area contributed by atoms with Crippen LogP contribution in [-0.4, -0.2) is 11.5 Å². The van der Waals surface area contributed by atoms with Crippen LogP contribution < -0.4 is 16.8 Å². The fraction of sp³-hybridized carbons (Fsp3) is 0.500. The average Bonchev–Trinajstić information content (AvgIpc) is 1.78. The summed E-state index contributed by atoms with van der Waals surface area (Å²) < 4.78 is 0. The summed E-state index contributed by atoms with van der Waals surface area (Å²) in [6.45, 7) is 3.67. The molecule has 1 aliphatic heterocycles. The molecular weight excluding hydrogens is 128 g/mol. The number of nitrogens with zero attached hydrogens (tertiary/aromatic N) is 1. The number of nitrogens with two attached hydrogens (primary N) is 2. The fourth-order valence-corrected chi connectivity index (χ4v) is 0.806. The number of amidine groups is 1. The van der Waals surface area contributed by atoms with Crippen molar-refractivity contribution in [2.75, 3.05) is 0 Å². The molecule has 0 spiro atoms. The van der Waals surface area contributed by atoms with E-state index < -0.39 is 5.66 Å². The highest BCUT2D eigenvalue weighted by atomic mass is 15.2. The maximum atomic E-state index is 5.70. The number of rotatable bonds is 0. The van der Waals surface area contributed by atoms with Gasteiger partial charge in [-0.15, -0.1) is 0 Å². The van der Waals surface area contributed by atoms with Gasteiger partial charge < -0.3 is 16.8 Å². The Morgan fingerprint density at radius 2 is 2.30 bits per heavy atom. The van der Waals surface area contributed by atoms with Crippen molar-refractivity contribution < 1.29 is 0 Å². The van der Waals surface area contributed by atoms with Crippen LogP contribution in [0.15, 0.2) is 16.9 Å². The Bertz CT molecular complexity index is 202. The Balaban J connectivity index is 2.89. The zero-order valence-electron chi connectivity index (χ0n) is 6.18. The Labute approximate surface area is 60.0 Å². The largest absolute Gasteiger partial charge is 0.384 e. The molecule has 56 valence electrons. The second-order valence-electron chi connectivity index (χ2n) is 2.65. The fourth-order valence-electron chi connectivity index (χ4n) is 0.806. The first-order chi connectivity index (χ1) is 4.52. The Kier molecular flexibility index (Phi) is 1.40. The minimum atomic E-state index is -0.682. The summed E-state index contributed by atoms with van der Waals surface area (Å²) in [5.41, 5.74) is 11.4. The van der Waals surface area contributed by atoms with Gasteiger partial charge in [0.2, 0.25) is 0 Å². The van der Waals surface area contributed by atoms with Gasteiger partial charge in [0.1, 0.15) is 11.5 Å². The van der Waals surface area contributed by atoms with Crippen LogP contribution in [0.4, 0.5) is 0 Å². The molecule has 10 heavy (non-hydrogen) atoms. The molecular formula is C6H12N4. The Hall–Kier alpha value is -1.03. The highest BCUT2D eigenvalue weighted by Crippen LogP contribution is 2.04. The van der Waals surface area contributed by atoms with E-state index in [2.05, 4.69) is 10.3 Å². The average molecular weight is 140 g/mol. The van der Waals surface area contributed by atoms with Crippen molar-refractivity contribution in [3.63, 3.8) is 0 Å². The van der Waals surface area contributed by atoms with Gasteiger partial charge in [-0.3, -0.25) is 0 Å². The highest BCUT2D eigenvalue weighted by Gasteiger charge is 2.24. The van der Waals surface area contributed by atoms with Crippen molar-refractivity contribution in [2.45, 2.75) is 19.5 Å². The van der Waals surface area contributed by atoms with E-state index in [0.29, 0.717) is 5.84 Å². The summed E-state index contributed by atoms with van der Waals surface area (Å²) >= 11 is 0. The van der Waals surface area contributed by atoms with Gasteiger partial charge >= 0.3 is 0 Å². The van der Waals surface area contributed by atoms with Crippen LogP contribution >= 0.6 is 0 Å². The van der Waals surface area contributed by atoms with Crippen LogP contribution in [0.3, 0.4) is 0 Å². The smallest absolute Gasteiger partial charge is 0.142 e. The van der Waals surface area contributed by atoms with E-state index in [0.717, 1.165) is 5.70 Å². The van der Waals surface area contributed by atoms with Crippen LogP contribution in [-0.2, 0) is 0 Å². The van der Waals surface area contributed by atoms with Crippen LogP contribution in [0.25, 0.3) is 0 Å². The lowest BCUT2D eigenvalue weighted by molar-refractivity contribution is 0.525. The maximum absolute atomic E-state index is 5.70. The topological polar surface area (TPSA) is 76.4 Å². The van der Waals surface area contributed by atoms with Gasteiger partial charge in [0.05, 0.1) is 0 Å². The predicted octanol–water partition coefficient (Wildman–Crippen LogP) is -0.517. The normalized spacial score (nSPS) is 32.3. The molecule has 5 N–H and O–H groups in total. The standard InChI is InChI=1S/C6H12N4/c1-4-3-9-5(7)6(2,8)10-4/h3,10H,8H2,1-2H3,(H2,7,9). The van der Waals surface area contributed by atoms with Gasteiger partial charge in [-0.1, -0.05) is 0 Å². The molecule has 1 unspecified atom stereocenters. The summed E-state index contributed by atoms with van der Waals surface area (Å²) in [6.07, 6.45) is 1.66. The van der Waals surface area contributed by atoms with Gasteiger partial charge in [0.25, 0.3) is 0 Å². The first-order valence-corrected chi connectivity index (χ1v) is 3.10. The number of nitrogens with one attached hydrogen (secondary N) is 1. The highest BCUT2D eigenvalue weighted by molar-refractivity contribution is 5.90. The summed E-state index contributed by atoms with van der Waals surface area (Å²) in [4.78, 5) is 3.91. The summed E-state index contributed by atoms with van der Waals surface area (Å²) in [5.74, 6) is 0.415. The monoisotopic (exact) mass is 140 g/mol. The molecule has 4 nitrogen and oxygen atoms in total. The Morgan fingerprint density at radius 3 is 2.70 bits per heavy atom. The van der Waals surface area contributed by atoms with Crippen LogP contribution in [0, 0.1) is 0 Å². The van der Waals surface area contributed by atoms with Gasteiger partial charge in [0.15, 0.2) is 0 Å². The molecule has 0 saturated carbocycles. The van der Waals surface area contributed by atoms with Crippen LogP contribution in [0.5, 0.6) is 0 Å². The molecule has 0 aromatic rings. The van der Waals surface area contributed by atoms with E-state index in [1.54, 1.807) is 13.1 Å². The third-order valence-corrected chi connectivity index (χ3v) is 1.39. The second-order valence-corrected chi connectivity index (χ2v) is 2.65. The van der Waals surface area contributed by atoms with Gasteiger partial charge in [-0.25, -0.2) is 4.99 Å². The van der Waals surface area contributed by atoms with Gasteiger partial charge in [-0.05, 0) is 13.8 Å². The SMILES string of the molecule is CC1=CN=C(N)C(C)(N)N1. The molecule has 0 aromatic heterocycles. The van der Waals surface area contributed by atoms with E-state index in [9.17, 15) is 0 Å². The molecule has 1 atom stereocenters. The lowest BCUT2D eigenvalue weighted by Crippen LogP contribution is -2.60. The summed E-state index contributed by atoms with van der Waals surface area (Å²) in [7, 11) is 0. The van der Waals surface area contributed by atoms with Crippen LogP contribution in [0.2, 0.25) is 0 Å². The number of aliphatic imine (C=N–C) groups is 1. The molecule has 1 rings (SSSR count). The van der Waals surface area contributed by atoms with E-state index in [1.165, 1.54) is 0 Å². The number of allylic oxidation sites excluding steroid dienone is 1. The van der Waals surface area contributed by atoms with Crippen molar-refractivity contribution in [1.82, 2.24) is 5.32 Å². The third kappa shape index (κ3) is 1.11. The summed E-state index contributed by atoms with van der Waals surface area (Å²) in [5, 5.41) is 2.99. The molecule has 0 bridgehead atoms. The van der Waals surface area contributed by atoms with E-state index >= 15 is 0 Å². The van der Waals surface area contributed by atoms with Gasteiger partial charge in [0, 0.05) is 11.9 Å².